The molecule has 31 heteroatoms. The predicted molar refractivity (Wildman–Crippen MR) is 252 cm³/mol. The van der Waals surface area contributed by atoms with Gasteiger partial charge in [0.25, 0.3) is 5.79 Å². The second-order valence-corrected chi connectivity index (χ2v) is 20.2. The zero-order chi connectivity index (χ0) is 57.9. The summed E-state index contributed by atoms with van der Waals surface area (Å²) < 4.78 is 58.8. The first-order valence-corrected chi connectivity index (χ1v) is 25.9. The first-order chi connectivity index (χ1) is 36.9. The van der Waals surface area contributed by atoms with Crippen LogP contribution in [-0.4, -0.2) is 293 Å². The molecule has 5 heterocycles. The molecule has 17 N–H and O–H groups in total. The molecule has 26 atom stereocenters. The van der Waals surface area contributed by atoms with Gasteiger partial charge in [0.05, 0.1) is 57.2 Å². The van der Waals surface area contributed by atoms with Crippen molar-refractivity contribution in [3.8, 4) is 0 Å². The number of carboxylic acid groups (broad SMARTS) is 1. The quantitative estimate of drug-likeness (QED) is 0.0340. The highest BCUT2D eigenvalue weighted by Gasteiger charge is 2.61. The lowest BCUT2D eigenvalue weighted by molar-refractivity contribution is -0.382. The number of aliphatic hydroxyl groups excluding tert-OH is 14. The van der Waals surface area contributed by atoms with E-state index < -0.39 is 222 Å². The van der Waals surface area contributed by atoms with Gasteiger partial charge in [-0.05, 0) is 13.3 Å². The molecule has 452 valence electrons. The van der Waals surface area contributed by atoms with Crippen molar-refractivity contribution < 1.29 is 143 Å². The lowest BCUT2D eigenvalue weighted by atomic mass is 9.87. The van der Waals surface area contributed by atoms with E-state index in [0.717, 1.165) is 46.5 Å². The van der Waals surface area contributed by atoms with Crippen molar-refractivity contribution in [1.82, 2.24) is 10.6 Å². The molecule has 5 rings (SSSR count). The molecule has 0 spiro atoms. The van der Waals surface area contributed by atoms with Crippen molar-refractivity contribution in [2.45, 2.75) is 226 Å². The normalized spacial score (nSPS) is 42.1. The summed E-state index contributed by atoms with van der Waals surface area (Å²) in [5, 5.41) is 166. The minimum absolute atomic E-state index is 0.00416. The molecule has 78 heavy (non-hydrogen) atoms. The van der Waals surface area contributed by atoms with Gasteiger partial charge in [0.1, 0.15) is 109 Å². The van der Waals surface area contributed by atoms with Gasteiger partial charge in [-0.3, -0.25) is 14.4 Å². The number of carboxylic acids is 1. The number of carbonyl (C=O) groups is 4. The Morgan fingerprint density at radius 3 is 1.71 bits per heavy atom. The number of rotatable bonds is 27. The Balaban J connectivity index is 1.45. The number of hydrogen-bond donors (Lipinski definition) is 17. The largest absolute Gasteiger partial charge is 0.477 e. The van der Waals surface area contributed by atoms with Crippen molar-refractivity contribution in [3.05, 3.63) is 0 Å². The van der Waals surface area contributed by atoms with Crippen LogP contribution in [0.1, 0.15) is 72.6 Å². The van der Waals surface area contributed by atoms with Gasteiger partial charge in [-0.25, -0.2) is 4.79 Å². The van der Waals surface area contributed by atoms with Crippen LogP contribution in [0.15, 0.2) is 0 Å². The molecule has 0 aromatic carbocycles. The third-order valence-corrected chi connectivity index (χ3v) is 14.3. The Kier molecular flexibility index (Phi) is 25.3. The SMILES string of the molecule is CCCCCCCCO[C@H]1O[C@H](CO[C@@H]2O[C@H](CO)[C@@H](O[C@@H]3O[C@H](CO)[C@H](O)[C@H](O)[C@H]3O)[C@H](O)[C@H]2C(C)=O)[C@H](O)[C@H](O[C@@H]2O[C@H](CO)[C@H](O)[C@H](O[C@]3(C(=O)O)C[C@H](O)[C@@H](NC(C)=O)[C@H]([C@H](O)[C@H](O)CO)O3)[C@H]2O)[C@H]1NC(C)=O. The zero-order valence-corrected chi connectivity index (χ0v) is 43.5. The van der Waals surface area contributed by atoms with Gasteiger partial charge in [0, 0.05) is 26.9 Å². The van der Waals surface area contributed by atoms with Gasteiger partial charge in [-0.1, -0.05) is 39.0 Å². The minimum atomic E-state index is -3.16. The summed E-state index contributed by atoms with van der Waals surface area (Å²) >= 11 is 0. The van der Waals surface area contributed by atoms with Crippen molar-refractivity contribution in [1.29, 1.82) is 0 Å². The zero-order valence-electron chi connectivity index (χ0n) is 43.5. The van der Waals surface area contributed by atoms with Crippen LogP contribution in [0.5, 0.6) is 0 Å². The number of nitrogens with one attached hydrogen (secondary N) is 2. The average Bonchev–Trinajstić information content (AvgIpc) is 3.52. The summed E-state index contributed by atoms with van der Waals surface area (Å²) in [5.41, 5.74) is 0. The molecule has 0 aromatic heterocycles. The van der Waals surface area contributed by atoms with Crippen LogP contribution in [0.2, 0.25) is 0 Å². The molecule has 0 saturated carbocycles. The van der Waals surface area contributed by atoms with Crippen LogP contribution in [0, 0.1) is 5.92 Å². The molecule has 5 aliphatic heterocycles. The number of ether oxygens (including phenoxy) is 10. The fourth-order valence-electron chi connectivity index (χ4n) is 10.1. The van der Waals surface area contributed by atoms with Crippen molar-refractivity contribution in [3.63, 3.8) is 0 Å². The maximum Gasteiger partial charge on any atom is 0.364 e. The smallest absolute Gasteiger partial charge is 0.364 e. The summed E-state index contributed by atoms with van der Waals surface area (Å²) in [6, 6.07) is -3.15. The van der Waals surface area contributed by atoms with Gasteiger partial charge in [-0.15, -0.1) is 0 Å². The monoisotopic (exact) mass is 1140 g/mol. The molecule has 5 fully saturated rings. The highest BCUT2D eigenvalue weighted by molar-refractivity contribution is 5.79. The van der Waals surface area contributed by atoms with Gasteiger partial charge in [0.15, 0.2) is 25.2 Å². The third kappa shape index (κ3) is 15.6. The fourth-order valence-corrected chi connectivity index (χ4v) is 10.1. The third-order valence-electron chi connectivity index (χ3n) is 14.3. The summed E-state index contributed by atoms with van der Waals surface area (Å²) in [6.07, 6.45) is -38.0. The van der Waals surface area contributed by atoms with Crippen molar-refractivity contribution in [2.75, 3.05) is 39.6 Å². The summed E-state index contributed by atoms with van der Waals surface area (Å²) in [5.74, 6) is -9.16. The number of aliphatic carboxylic acids is 1. The average molecular weight is 1140 g/mol. The molecule has 31 nitrogen and oxygen atoms in total. The molecule has 0 radical (unpaired) electrons. The van der Waals surface area contributed by atoms with E-state index in [1.165, 1.54) is 0 Å². The maximum absolute atomic E-state index is 13.2. The van der Waals surface area contributed by atoms with Gasteiger partial charge < -0.3 is 135 Å². The van der Waals surface area contributed by atoms with E-state index in [4.69, 9.17) is 47.4 Å². The molecular weight excluding hydrogens is 1060 g/mol. The number of amides is 2. The molecule has 0 unspecified atom stereocenters. The molecular formula is C47H80N2O29. The molecule has 0 aliphatic carbocycles. The number of hydrogen-bond acceptors (Lipinski definition) is 28. The summed E-state index contributed by atoms with van der Waals surface area (Å²) in [4.78, 5) is 51.3. The second kappa shape index (κ2) is 29.9. The molecule has 0 aromatic rings. The van der Waals surface area contributed by atoms with E-state index in [9.17, 15) is 95.8 Å². The minimum Gasteiger partial charge on any atom is -0.477 e. The van der Waals surface area contributed by atoms with Gasteiger partial charge in [-0.2, -0.15) is 0 Å². The van der Waals surface area contributed by atoms with E-state index in [1.807, 2.05) is 6.92 Å². The first-order valence-electron chi connectivity index (χ1n) is 25.9. The summed E-state index contributed by atoms with van der Waals surface area (Å²) in [7, 11) is 0. The van der Waals surface area contributed by atoms with E-state index in [-0.39, 0.29) is 6.61 Å². The van der Waals surface area contributed by atoms with Crippen molar-refractivity contribution in [2.24, 2.45) is 5.92 Å². The van der Waals surface area contributed by atoms with Crippen LogP contribution >= 0.6 is 0 Å². The van der Waals surface area contributed by atoms with Crippen molar-refractivity contribution >= 4 is 23.6 Å². The maximum atomic E-state index is 13.2. The second-order valence-electron chi connectivity index (χ2n) is 20.2. The summed E-state index contributed by atoms with van der Waals surface area (Å²) in [6.45, 7) is 0.479. The first kappa shape index (κ1) is 65.9. The topological polar surface area (TPSA) is 488 Å². The molecule has 5 saturated heterocycles. The van der Waals surface area contributed by atoms with Gasteiger partial charge in [0.2, 0.25) is 11.8 Å². The Hall–Kier alpha value is -2.88. The fraction of sp³-hybridized carbons (Fsp3) is 0.915. The van der Waals surface area contributed by atoms with Crippen LogP contribution in [0.25, 0.3) is 0 Å². The van der Waals surface area contributed by atoms with Crippen LogP contribution < -0.4 is 10.6 Å². The van der Waals surface area contributed by atoms with Crippen LogP contribution in [0.4, 0.5) is 0 Å². The molecule has 0 bridgehead atoms. The lowest BCUT2D eigenvalue weighted by Crippen LogP contribution is -2.71. The van der Waals surface area contributed by atoms with Gasteiger partial charge >= 0.3 is 5.97 Å². The standard InChI is InChI=1S/C47H80N2O29/c1-5-6-7-8-9-10-11-69-43-29(49-20(4)56)39(33(62)26(74-43)17-70-42-27(18(2)54)34(63)38(25(16-53)73-42)75-44-36(65)35(64)31(60)23(14-51)71-44)76-45-37(66)41(32(61)24(15-52)72-45)78-47(46(67)68)12-21(57)28(48-19(3)55)40(77-47)30(59)22(58)13-50/h21-45,50-53,57-66H,5-17H2,1-4H3,(H,48,55)(H,49,56)(H,67,68)/t21-,22+,23+,24+,25+,26+,27+,28+,29+,30+,31-,32-,33-,34+,35-,36+,37+,38+,39+,40+,41-,42+,43-,44-,45-,47-/m0/s1. The number of ketones is 1. The Morgan fingerprint density at radius 1 is 0.590 bits per heavy atom. The van der Waals surface area contributed by atoms with E-state index in [2.05, 4.69) is 10.6 Å². The molecule has 2 amide bonds. The van der Waals surface area contributed by atoms with E-state index in [1.54, 1.807) is 0 Å². The lowest BCUT2D eigenvalue weighted by Gasteiger charge is -2.51. The molecule has 5 aliphatic rings. The Morgan fingerprint density at radius 2 is 1.13 bits per heavy atom. The number of carbonyl (C=O) groups excluding carboxylic acids is 3. The van der Waals surface area contributed by atoms with Crippen LogP contribution in [0.3, 0.4) is 0 Å². The number of unbranched alkanes of at least 4 members (excludes halogenated alkanes) is 5. The number of Topliss-reactive ketones (excluding diaryl/α,β-unsaturated/α-hetero) is 1. The van der Waals surface area contributed by atoms with Crippen LogP contribution in [-0.2, 0) is 66.5 Å². The highest BCUT2D eigenvalue weighted by atomic mass is 16.8. The van der Waals surface area contributed by atoms with E-state index in [0.29, 0.717) is 12.8 Å². The highest BCUT2D eigenvalue weighted by Crippen LogP contribution is 2.39. The Bertz CT molecular complexity index is 1890. The predicted octanol–water partition coefficient (Wildman–Crippen LogP) is -8.20. The van der Waals surface area contributed by atoms with E-state index >= 15 is 0 Å². The Labute approximate surface area is 447 Å². The number of aliphatic hydroxyl groups is 14.